The van der Waals surface area contributed by atoms with Gasteiger partial charge in [0.2, 0.25) is 0 Å². The minimum absolute atomic E-state index is 0. The van der Waals surface area contributed by atoms with Gasteiger partial charge in [0.05, 0.1) is 0 Å². The van der Waals surface area contributed by atoms with Crippen LogP contribution in [0.2, 0.25) is 13.1 Å². The molecular weight excluding hydrogens is 503 g/mol. The molecule has 30 heavy (non-hydrogen) atoms. The summed E-state index contributed by atoms with van der Waals surface area (Å²) in [6, 6.07) is 9.92. The van der Waals surface area contributed by atoms with E-state index in [0.29, 0.717) is 0 Å². The molecule has 0 N–H and O–H groups in total. The van der Waals surface area contributed by atoms with E-state index in [1.54, 1.807) is 43.8 Å². The molecule has 0 amide bonds. The number of fused-ring (bicyclic) bond motifs is 8. The van der Waals surface area contributed by atoms with Crippen LogP contribution in [0.5, 0.6) is 0 Å². The summed E-state index contributed by atoms with van der Waals surface area (Å²) in [7, 11) is -1.79. The molecule has 1 heterocycles. The Kier molecular flexibility index (Phi) is 6.36. The number of hydrogen-bond donors (Lipinski definition) is 0. The average molecular weight is 533 g/mol. The Morgan fingerprint density at radius 3 is 1.37 bits per heavy atom. The fourth-order valence-electron chi connectivity index (χ4n) is 6.62. The topological polar surface area (TPSA) is 0 Å². The van der Waals surface area contributed by atoms with Gasteiger partial charge >= 0.3 is 184 Å². The zero-order chi connectivity index (χ0) is 20.1. The summed E-state index contributed by atoms with van der Waals surface area (Å²) in [6.07, 6.45) is 0. The second kappa shape index (κ2) is 7.87. The van der Waals surface area contributed by atoms with Crippen molar-refractivity contribution in [1.29, 1.82) is 0 Å². The molecule has 2 aromatic carbocycles. The van der Waals surface area contributed by atoms with Crippen molar-refractivity contribution in [3.8, 4) is 0 Å². The Labute approximate surface area is 207 Å². The van der Waals surface area contributed by atoms with E-state index >= 15 is 0 Å². The van der Waals surface area contributed by atoms with E-state index in [9.17, 15) is 0 Å². The zero-order valence-corrected chi connectivity index (χ0v) is 24.2. The third-order valence-electron chi connectivity index (χ3n) is 7.38. The predicted molar refractivity (Wildman–Crippen MR) is 120 cm³/mol. The standard InChI is InChI=1S/C26H30Si.2ClH.Zr/c1-15-9-17(3)23-21(11-15)13-19(5)25(23)27(7,8)26-20(6)14-22-12-16(2)10-18(4)24(22)26;;;/h9-14H,1-8H3;2*1H;/q;;;+2/p-2. The Bertz CT molecular complexity index is 1050. The Morgan fingerprint density at radius 1 is 0.633 bits per heavy atom. The molecule has 2 unspecified atom stereocenters. The maximum atomic E-state index is 2.64. The van der Waals surface area contributed by atoms with Crippen molar-refractivity contribution in [2.24, 2.45) is 0 Å². The second-order valence-corrected chi connectivity index (χ2v) is 17.8. The van der Waals surface area contributed by atoms with Gasteiger partial charge in [0.25, 0.3) is 0 Å². The quantitative estimate of drug-likeness (QED) is 0.447. The van der Waals surface area contributed by atoms with Crippen molar-refractivity contribution in [2.75, 3.05) is 0 Å². The molecule has 4 heteroatoms. The van der Waals surface area contributed by atoms with Gasteiger partial charge in [-0.15, -0.1) is 0 Å². The Morgan fingerprint density at radius 2 is 1.00 bits per heavy atom. The van der Waals surface area contributed by atoms with Crippen molar-refractivity contribution >= 4 is 18.5 Å². The summed E-state index contributed by atoms with van der Waals surface area (Å²) in [4.78, 5) is 0. The minimum atomic E-state index is -1.79. The number of benzene rings is 2. The summed E-state index contributed by atoms with van der Waals surface area (Å²) in [5.41, 5.74) is 16.1. The number of aryl methyl sites for hydroxylation is 4. The van der Waals surface area contributed by atoms with Gasteiger partial charge in [-0.1, -0.05) is 0 Å². The van der Waals surface area contributed by atoms with Gasteiger partial charge in [-0.2, -0.15) is 0 Å². The first kappa shape index (κ1) is 24.2. The molecule has 0 aromatic heterocycles. The van der Waals surface area contributed by atoms with E-state index in [-0.39, 0.29) is 24.8 Å². The van der Waals surface area contributed by atoms with Crippen LogP contribution in [0.15, 0.2) is 35.4 Å². The zero-order valence-electron chi connectivity index (χ0n) is 19.2. The maximum absolute atomic E-state index is 2.64. The Hall–Kier alpha value is -0.400. The first-order valence-corrected chi connectivity index (χ1v) is 16.4. The first-order valence-electron chi connectivity index (χ1n) is 10.5. The number of halogens is 2. The molecular formula is C26H30Cl2SiZr. The molecule has 5 rings (SSSR count). The minimum Gasteiger partial charge on any atom is -1.00 e. The van der Waals surface area contributed by atoms with Crippen LogP contribution in [0.25, 0.3) is 10.4 Å². The normalized spacial score (nSPS) is 22.1. The van der Waals surface area contributed by atoms with Gasteiger partial charge in [0.1, 0.15) is 0 Å². The molecule has 156 valence electrons. The van der Waals surface area contributed by atoms with Gasteiger partial charge in [0, 0.05) is 0 Å². The van der Waals surface area contributed by atoms with Crippen molar-refractivity contribution < 1.29 is 48.0 Å². The van der Waals surface area contributed by atoms with E-state index in [0.717, 1.165) is 7.25 Å². The number of hydrogen-bond acceptors (Lipinski definition) is 0. The second-order valence-electron chi connectivity index (χ2n) is 9.87. The van der Waals surface area contributed by atoms with Crippen LogP contribution in [0.4, 0.5) is 0 Å². The van der Waals surface area contributed by atoms with Crippen LogP contribution in [0.3, 0.4) is 0 Å². The van der Waals surface area contributed by atoms with Crippen molar-refractivity contribution in [2.45, 2.75) is 61.9 Å². The molecule has 1 aliphatic heterocycles. The Balaban J connectivity index is 0.00000128. The molecule has 2 aliphatic carbocycles. The molecule has 3 aliphatic rings. The molecule has 0 radical (unpaired) electrons. The summed E-state index contributed by atoms with van der Waals surface area (Å²) in [6.45, 7) is 19.5. The first-order chi connectivity index (χ1) is 13.1. The monoisotopic (exact) mass is 530 g/mol. The van der Waals surface area contributed by atoms with Gasteiger partial charge in [-0.05, 0) is 0 Å². The van der Waals surface area contributed by atoms with Crippen LogP contribution < -0.4 is 24.8 Å². The smallest absolute Gasteiger partial charge is 1.00 e. The molecule has 4 bridgehead atoms. The fourth-order valence-corrected chi connectivity index (χ4v) is 16.5. The summed E-state index contributed by atoms with van der Waals surface area (Å²) in [5, 5.41) is 3.57. The molecule has 0 saturated carbocycles. The third-order valence-corrected chi connectivity index (χ3v) is 16.5. The van der Waals surface area contributed by atoms with Crippen molar-refractivity contribution in [3.63, 3.8) is 0 Å². The molecule has 2 aromatic rings. The summed E-state index contributed by atoms with van der Waals surface area (Å²) < 4.78 is 1.51. The fraction of sp³-hybridized carbons (Fsp3) is 0.385. The van der Waals surface area contributed by atoms with Crippen LogP contribution >= 0.6 is 0 Å². The van der Waals surface area contributed by atoms with Gasteiger partial charge < -0.3 is 24.8 Å². The molecule has 2 atom stereocenters. The van der Waals surface area contributed by atoms with Crippen molar-refractivity contribution in [3.05, 3.63) is 79.9 Å². The van der Waals surface area contributed by atoms with Crippen LogP contribution in [-0.4, -0.2) is 8.07 Å². The van der Waals surface area contributed by atoms with Crippen molar-refractivity contribution in [1.82, 2.24) is 0 Å². The molecule has 0 spiro atoms. The predicted octanol–water partition coefficient (Wildman–Crippen LogP) is 1.17. The van der Waals surface area contributed by atoms with Crippen LogP contribution in [0, 0.1) is 27.7 Å². The number of rotatable bonds is 0. The third kappa shape index (κ3) is 3.08. The maximum Gasteiger partial charge on any atom is -1.00 e. The van der Waals surface area contributed by atoms with E-state index in [4.69, 9.17) is 0 Å². The van der Waals surface area contributed by atoms with Gasteiger partial charge in [-0.25, -0.2) is 0 Å². The van der Waals surface area contributed by atoms with E-state index < -0.39 is 31.3 Å². The summed E-state index contributed by atoms with van der Waals surface area (Å²) >= 11 is -0.712. The summed E-state index contributed by atoms with van der Waals surface area (Å²) in [5.74, 6) is 0. The molecule has 0 fully saturated rings. The average Bonchev–Trinajstić information content (AvgIpc) is 3.03. The largest absolute Gasteiger partial charge is 1.00 e. The van der Waals surface area contributed by atoms with E-state index in [1.807, 2.05) is 0 Å². The SMILES string of the molecule is CC1=C2c3c(C)cc(C)cc3[CH]1[Zr+2][CH]1C(C)=C(c3c(C)cc(C)cc31)[Si]2(C)C.[Cl-].[Cl-]. The molecule has 0 saturated heterocycles. The van der Waals surface area contributed by atoms with Gasteiger partial charge in [-0.3, -0.25) is 0 Å². The van der Waals surface area contributed by atoms with E-state index in [2.05, 4.69) is 78.9 Å². The van der Waals surface area contributed by atoms with Crippen LogP contribution in [-0.2, 0) is 23.2 Å². The number of allylic oxidation sites excluding steroid dienone is 2. The van der Waals surface area contributed by atoms with Crippen LogP contribution in [0.1, 0.15) is 65.6 Å². The van der Waals surface area contributed by atoms with Gasteiger partial charge in [0.15, 0.2) is 0 Å². The van der Waals surface area contributed by atoms with E-state index in [1.165, 1.54) is 22.3 Å². The molecule has 0 nitrogen and oxygen atoms in total.